The predicted octanol–water partition coefficient (Wildman–Crippen LogP) is 2.64. The van der Waals surface area contributed by atoms with E-state index in [0.717, 1.165) is 38.2 Å². The van der Waals surface area contributed by atoms with Gasteiger partial charge in [-0.25, -0.2) is 4.79 Å². The average molecular weight is 358 g/mol. The van der Waals surface area contributed by atoms with Gasteiger partial charge in [-0.05, 0) is 30.9 Å². The van der Waals surface area contributed by atoms with Gasteiger partial charge in [0.15, 0.2) is 17.3 Å². The molecule has 0 radical (unpaired) electrons. The standard InChI is InChI=1S/C18H22N4O4/c1-12-19-17(21-26-12)5-2-13-6-7-22(11-13)18(23)20-14-3-4-15-16(10-14)25-9-8-24-15/h3-4,10,13H,2,5-9,11H2,1H3,(H,20,23). The monoisotopic (exact) mass is 358 g/mol. The van der Waals surface area contributed by atoms with E-state index in [-0.39, 0.29) is 6.03 Å². The van der Waals surface area contributed by atoms with Crippen molar-refractivity contribution in [1.29, 1.82) is 0 Å². The Labute approximate surface area is 151 Å². The molecule has 1 aromatic carbocycles. The Bertz CT molecular complexity index is 791. The van der Waals surface area contributed by atoms with Crippen LogP contribution in [0.2, 0.25) is 0 Å². The quantitative estimate of drug-likeness (QED) is 0.904. The molecule has 26 heavy (non-hydrogen) atoms. The van der Waals surface area contributed by atoms with E-state index < -0.39 is 0 Å². The summed E-state index contributed by atoms with van der Waals surface area (Å²) < 4.78 is 16.0. The zero-order valence-corrected chi connectivity index (χ0v) is 14.7. The number of carbonyl (C=O) groups is 1. The number of likely N-dealkylation sites (tertiary alicyclic amines) is 1. The molecule has 0 saturated carbocycles. The molecule has 1 unspecified atom stereocenters. The van der Waals surface area contributed by atoms with Gasteiger partial charge >= 0.3 is 6.03 Å². The van der Waals surface area contributed by atoms with Gasteiger partial charge in [-0.3, -0.25) is 0 Å². The lowest BCUT2D eigenvalue weighted by Crippen LogP contribution is -2.33. The van der Waals surface area contributed by atoms with Gasteiger partial charge in [-0.15, -0.1) is 0 Å². The minimum absolute atomic E-state index is 0.0837. The summed E-state index contributed by atoms with van der Waals surface area (Å²) in [6.45, 7) is 4.37. The van der Waals surface area contributed by atoms with E-state index in [9.17, 15) is 4.79 Å². The van der Waals surface area contributed by atoms with Crippen LogP contribution in [0.4, 0.5) is 10.5 Å². The van der Waals surface area contributed by atoms with Crippen molar-refractivity contribution >= 4 is 11.7 Å². The third kappa shape index (κ3) is 3.74. The van der Waals surface area contributed by atoms with E-state index in [1.54, 1.807) is 13.0 Å². The lowest BCUT2D eigenvalue weighted by molar-refractivity contribution is 0.171. The summed E-state index contributed by atoms with van der Waals surface area (Å²) in [7, 11) is 0. The van der Waals surface area contributed by atoms with Crippen LogP contribution < -0.4 is 14.8 Å². The van der Waals surface area contributed by atoms with Crippen molar-refractivity contribution in [3.8, 4) is 11.5 Å². The maximum absolute atomic E-state index is 12.5. The largest absolute Gasteiger partial charge is 0.486 e. The third-order valence-corrected chi connectivity index (χ3v) is 4.71. The molecule has 3 heterocycles. The van der Waals surface area contributed by atoms with Crippen LogP contribution in [0.3, 0.4) is 0 Å². The molecule has 1 saturated heterocycles. The minimum atomic E-state index is -0.0837. The summed E-state index contributed by atoms with van der Waals surface area (Å²) in [5.74, 6) is 3.17. The number of benzene rings is 1. The van der Waals surface area contributed by atoms with Crippen molar-refractivity contribution in [2.24, 2.45) is 5.92 Å². The molecule has 8 heteroatoms. The first-order valence-electron chi connectivity index (χ1n) is 8.92. The Morgan fingerprint density at radius 3 is 2.96 bits per heavy atom. The Kier molecular flexibility index (Phi) is 4.64. The molecule has 2 aromatic rings. The van der Waals surface area contributed by atoms with E-state index in [2.05, 4.69) is 15.5 Å². The Morgan fingerprint density at radius 1 is 1.31 bits per heavy atom. The number of nitrogens with one attached hydrogen (secondary N) is 1. The highest BCUT2D eigenvalue weighted by Crippen LogP contribution is 2.33. The number of anilines is 1. The number of aryl methyl sites for hydroxylation is 2. The van der Waals surface area contributed by atoms with Gasteiger partial charge in [0, 0.05) is 38.2 Å². The summed E-state index contributed by atoms with van der Waals surface area (Å²) in [5, 5.41) is 6.86. The Balaban J connectivity index is 1.29. The van der Waals surface area contributed by atoms with E-state index in [1.807, 2.05) is 17.0 Å². The topological polar surface area (TPSA) is 89.7 Å². The SMILES string of the molecule is Cc1nc(CCC2CCN(C(=O)Nc3ccc4c(c3)OCCO4)C2)no1. The fraction of sp³-hybridized carbons (Fsp3) is 0.500. The van der Waals surface area contributed by atoms with Gasteiger partial charge < -0.3 is 24.2 Å². The number of nitrogens with zero attached hydrogens (tertiary/aromatic N) is 3. The summed E-state index contributed by atoms with van der Waals surface area (Å²) in [5.41, 5.74) is 0.713. The molecule has 2 aliphatic heterocycles. The molecule has 2 amide bonds. The molecule has 0 bridgehead atoms. The highest BCUT2D eigenvalue weighted by Gasteiger charge is 2.26. The van der Waals surface area contributed by atoms with Gasteiger partial charge in [0.25, 0.3) is 0 Å². The maximum atomic E-state index is 12.5. The summed E-state index contributed by atoms with van der Waals surface area (Å²) in [6.07, 6.45) is 2.72. The van der Waals surface area contributed by atoms with Crippen molar-refractivity contribution < 1.29 is 18.8 Å². The lowest BCUT2D eigenvalue weighted by atomic mass is 10.0. The normalized spacial score (nSPS) is 18.8. The number of aromatic nitrogens is 2. The molecule has 0 aliphatic carbocycles. The number of carbonyl (C=O) groups excluding carboxylic acids is 1. The molecule has 1 aromatic heterocycles. The van der Waals surface area contributed by atoms with Crippen LogP contribution in [0.5, 0.6) is 11.5 Å². The van der Waals surface area contributed by atoms with E-state index in [1.165, 1.54) is 0 Å². The summed E-state index contributed by atoms with van der Waals surface area (Å²) in [6, 6.07) is 5.37. The van der Waals surface area contributed by atoms with E-state index >= 15 is 0 Å². The second-order valence-electron chi connectivity index (χ2n) is 6.66. The van der Waals surface area contributed by atoms with Crippen molar-refractivity contribution in [2.75, 3.05) is 31.6 Å². The first-order chi connectivity index (χ1) is 12.7. The zero-order valence-electron chi connectivity index (χ0n) is 14.7. The highest BCUT2D eigenvalue weighted by atomic mass is 16.6. The minimum Gasteiger partial charge on any atom is -0.486 e. The smallest absolute Gasteiger partial charge is 0.321 e. The van der Waals surface area contributed by atoms with Crippen molar-refractivity contribution in [1.82, 2.24) is 15.0 Å². The van der Waals surface area contributed by atoms with Crippen LogP contribution in [0.25, 0.3) is 0 Å². The van der Waals surface area contributed by atoms with Gasteiger partial charge in [0.1, 0.15) is 13.2 Å². The number of amides is 2. The Morgan fingerprint density at radius 2 is 2.15 bits per heavy atom. The van der Waals surface area contributed by atoms with Crippen molar-refractivity contribution in [3.63, 3.8) is 0 Å². The fourth-order valence-electron chi connectivity index (χ4n) is 3.35. The molecule has 4 rings (SSSR count). The van der Waals surface area contributed by atoms with Gasteiger partial charge in [-0.2, -0.15) is 4.98 Å². The van der Waals surface area contributed by atoms with E-state index in [0.29, 0.717) is 42.2 Å². The molecule has 1 atom stereocenters. The number of urea groups is 1. The fourth-order valence-corrected chi connectivity index (χ4v) is 3.35. The van der Waals surface area contributed by atoms with E-state index in [4.69, 9.17) is 14.0 Å². The number of hydrogen-bond acceptors (Lipinski definition) is 6. The number of ether oxygens (including phenoxy) is 2. The maximum Gasteiger partial charge on any atom is 0.321 e. The van der Waals surface area contributed by atoms with Crippen LogP contribution in [0.15, 0.2) is 22.7 Å². The van der Waals surface area contributed by atoms with Crippen LogP contribution in [-0.4, -0.2) is 47.4 Å². The molecule has 1 N–H and O–H groups in total. The third-order valence-electron chi connectivity index (χ3n) is 4.71. The summed E-state index contributed by atoms with van der Waals surface area (Å²) in [4.78, 5) is 18.6. The van der Waals surface area contributed by atoms with Crippen molar-refractivity contribution in [2.45, 2.75) is 26.2 Å². The second kappa shape index (κ2) is 7.23. The van der Waals surface area contributed by atoms with Crippen LogP contribution in [0.1, 0.15) is 24.6 Å². The molecule has 8 nitrogen and oxygen atoms in total. The predicted molar refractivity (Wildman–Crippen MR) is 93.5 cm³/mol. The van der Waals surface area contributed by atoms with Gasteiger partial charge in [0.05, 0.1) is 0 Å². The summed E-state index contributed by atoms with van der Waals surface area (Å²) >= 11 is 0. The van der Waals surface area contributed by atoms with Crippen LogP contribution in [-0.2, 0) is 6.42 Å². The van der Waals surface area contributed by atoms with Gasteiger partial charge in [-0.1, -0.05) is 5.16 Å². The molecule has 0 spiro atoms. The lowest BCUT2D eigenvalue weighted by Gasteiger charge is -2.20. The molecule has 138 valence electrons. The molecule has 1 fully saturated rings. The average Bonchev–Trinajstić information content (AvgIpc) is 3.29. The Hall–Kier alpha value is -2.77. The number of fused-ring (bicyclic) bond motifs is 1. The molecule has 2 aliphatic rings. The second-order valence-corrected chi connectivity index (χ2v) is 6.66. The first-order valence-corrected chi connectivity index (χ1v) is 8.92. The van der Waals surface area contributed by atoms with Crippen LogP contribution in [0, 0.1) is 12.8 Å². The number of hydrogen-bond donors (Lipinski definition) is 1. The molecular weight excluding hydrogens is 336 g/mol. The highest BCUT2D eigenvalue weighted by molar-refractivity contribution is 5.90. The van der Waals surface area contributed by atoms with Crippen LogP contribution >= 0.6 is 0 Å². The van der Waals surface area contributed by atoms with Gasteiger partial charge in [0.2, 0.25) is 5.89 Å². The first kappa shape index (κ1) is 16.7. The number of rotatable bonds is 4. The zero-order chi connectivity index (χ0) is 17.9. The molecular formula is C18H22N4O4. The van der Waals surface area contributed by atoms with Crippen molar-refractivity contribution in [3.05, 3.63) is 29.9 Å².